The second-order valence-electron chi connectivity index (χ2n) is 5.35. The molecule has 0 saturated heterocycles. The van der Waals surface area contributed by atoms with Crippen molar-refractivity contribution in [3.63, 3.8) is 0 Å². The lowest BCUT2D eigenvalue weighted by Gasteiger charge is -2.06. The minimum Gasteiger partial charge on any atom is -0.492 e. The molecule has 0 bridgehead atoms. The van der Waals surface area contributed by atoms with Gasteiger partial charge in [-0.15, -0.1) is 0 Å². The summed E-state index contributed by atoms with van der Waals surface area (Å²) in [5, 5.41) is 4.49. The van der Waals surface area contributed by atoms with Crippen LogP contribution in [0.1, 0.15) is 5.56 Å². The minimum atomic E-state index is -0.173. The van der Waals surface area contributed by atoms with Crippen LogP contribution in [0.5, 0.6) is 5.75 Å². The van der Waals surface area contributed by atoms with E-state index in [9.17, 15) is 4.79 Å². The molecule has 0 atom stereocenters. The third-order valence-electron chi connectivity index (χ3n) is 3.56. The predicted molar refractivity (Wildman–Crippen MR) is 101 cm³/mol. The van der Waals surface area contributed by atoms with Crippen molar-refractivity contribution in [2.24, 2.45) is 0 Å². The van der Waals surface area contributed by atoms with E-state index in [1.807, 2.05) is 30.3 Å². The molecule has 0 saturated carbocycles. The normalized spacial score (nSPS) is 10.9. The van der Waals surface area contributed by atoms with Crippen molar-refractivity contribution in [3.8, 4) is 5.75 Å². The first-order chi connectivity index (χ1) is 12.2. The number of para-hydroxylation sites is 1. The quantitative estimate of drug-likeness (QED) is 0.537. The van der Waals surface area contributed by atoms with E-state index < -0.39 is 0 Å². The molecule has 0 radical (unpaired) electrons. The number of rotatable bonds is 6. The van der Waals surface area contributed by atoms with Crippen LogP contribution in [0.3, 0.4) is 0 Å². The summed E-state index contributed by atoms with van der Waals surface area (Å²) in [6, 6.07) is 16.9. The molecule has 0 unspecified atom stereocenters. The van der Waals surface area contributed by atoms with Crippen LogP contribution in [-0.2, 0) is 4.79 Å². The number of pyridine rings is 1. The molecule has 126 valence electrons. The summed E-state index contributed by atoms with van der Waals surface area (Å²) in [7, 11) is 0. The fraction of sp³-hybridized carbons (Fsp3) is 0.100. The molecule has 2 aromatic carbocycles. The van der Waals surface area contributed by atoms with Gasteiger partial charge in [-0.05, 0) is 36.4 Å². The molecule has 5 heteroatoms. The van der Waals surface area contributed by atoms with Gasteiger partial charge in [-0.2, -0.15) is 0 Å². The molecule has 0 spiro atoms. The highest BCUT2D eigenvalue weighted by molar-refractivity contribution is 6.30. The Balaban J connectivity index is 1.50. The van der Waals surface area contributed by atoms with Crippen molar-refractivity contribution in [1.82, 2.24) is 10.3 Å². The van der Waals surface area contributed by atoms with Crippen molar-refractivity contribution >= 4 is 34.5 Å². The third-order valence-corrected chi connectivity index (χ3v) is 3.81. The molecular formula is C20H17ClN2O2. The van der Waals surface area contributed by atoms with Crippen LogP contribution in [0.15, 0.2) is 66.9 Å². The van der Waals surface area contributed by atoms with E-state index in [4.69, 9.17) is 16.3 Å². The molecule has 1 amide bonds. The van der Waals surface area contributed by atoms with Crippen LogP contribution in [-0.4, -0.2) is 24.0 Å². The summed E-state index contributed by atoms with van der Waals surface area (Å²) >= 11 is 5.81. The molecule has 0 aliphatic rings. The van der Waals surface area contributed by atoms with E-state index in [0.29, 0.717) is 18.2 Å². The highest BCUT2D eigenvalue weighted by atomic mass is 35.5. The Morgan fingerprint density at radius 1 is 1.12 bits per heavy atom. The number of nitrogens with one attached hydrogen (secondary N) is 1. The van der Waals surface area contributed by atoms with Gasteiger partial charge in [0.15, 0.2) is 0 Å². The van der Waals surface area contributed by atoms with Crippen LogP contribution in [0.2, 0.25) is 5.02 Å². The highest BCUT2D eigenvalue weighted by Gasteiger charge is 2.00. The van der Waals surface area contributed by atoms with E-state index in [0.717, 1.165) is 22.2 Å². The van der Waals surface area contributed by atoms with Crippen LogP contribution >= 0.6 is 11.6 Å². The smallest absolute Gasteiger partial charge is 0.244 e. The van der Waals surface area contributed by atoms with Crippen molar-refractivity contribution in [1.29, 1.82) is 0 Å². The number of halogens is 1. The van der Waals surface area contributed by atoms with Gasteiger partial charge in [-0.3, -0.25) is 9.78 Å². The Bertz CT molecular complexity index is 886. The number of nitrogens with zero attached hydrogens (tertiary/aromatic N) is 1. The lowest BCUT2D eigenvalue weighted by Crippen LogP contribution is -2.26. The molecular weight excluding hydrogens is 336 g/mol. The van der Waals surface area contributed by atoms with Crippen LogP contribution in [0.4, 0.5) is 0 Å². The molecule has 3 rings (SSSR count). The van der Waals surface area contributed by atoms with E-state index in [-0.39, 0.29) is 5.91 Å². The summed E-state index contributed by atoms with van der Waals surface area (Å²) in [6.45, 7) is 0.802. The fourth-order valence-electron chi connectivity index (χ4n) is 2.36. The average molecular weight is 353 g/mol. The summed E-state index contributed by atoms with van der Waals surface area (Å²) < 4.78 is 5.52. The Labute approximate surface area is 151 Å². The van der Waals surface area contributed by atoms with Gasteiger partial charge in [-0.1, -0.05) is 35.9 Å². The van der Waals surface area contributed by atoms with Crippen molar-refractivity contribution in [2.75, 3.05) is 13.2 Å². The summed E-state index contributed by atoms with van der Waals surface area (Å²) in [4.78, 5) is 16.3. The highest BCUT2D eigenvalue weighted by Crippen LogP contribution is 2.17. The van der Waals surface area contributed by atoms with Crippen molar-refractivity contribution in [3.05, 3.63) is 77.5 Å². The molecule has 0 aliphatic heterocycles. The number of fused-ring (bicyclic) bond motifs is 1. The van der Waals surface area contributed by atoms with Crippen molar-refractivity contribution in [2.45, 2.75) is 0 Å². The first kappa shape index (κ1) is 17.0. The number of benzene rings is 2. The monoisotopic (exact) mass is 352 g/mol. The Morgan fingerprint density at radius 3 is 2.76 bits per heavy atom. The Kier molecular flexibility index (Phi) is 5.65. The number of aromatic nitrogens is 1. The zero-order valence-electron chi connectivity index (χ0n) is 13.5. The zero-order chi connectivity index (χ0) is 17.5. The van der Waals surface area contributed by atoms with E-state index in [1.54, 1.807) is 36.5 Å². The number of ether oxygens (including phenoxy) is 1. The molecule has 0 fully saturated rings. The molecule has 0 aliphatic carbocycles. The van der Waals surface area contributed by atoms with Gasteiger partial charge in [0.05, 0.1) is 12.1 Å². The molecule has 1 N–H and O–H groups in total. The lowest BCUT2D eigenvalue weighted by molar-refractivity contribution is -0.116. The standard InChI is InChI=1S/C20H17ClN2O2/c21-17-7-9-18(10-8-17)25-14-13-22-19(24)11-6-16-4-1-3-15-5-2-12-23-20(15)16/h1-12H,13-14H2,(H,22,24). The maximum Gasteiger partial charge on any atom is 0.244 e. The van der Waals surface area contributed by atoms with Crippen LogP contribution in [0.25, 0.3) is 17.0 Å². The Morgan fingerprint density at radius 2 is 1.92 bits per heavy atom. The fourth-order valence-corrected chi connectivity index (χ4v) is 2.49. The zero-order valence-corrected chi connectivity index (χ0v) is 14.2. The molecule has 4 nitrogen and oxygen atoms in total. The van der Waals surface area contributed by atoms with E-state index in [2.05, 4.69) is 10.3 Å². The molecule has 25 heavy (non-hydrogen) atoms. The van der Waals surface area contributed by atoms with Gasteiger partial charge in [0.2, 0.25) is 5.91 Å². The number of carbonyl (C=O) groups excluding carboxylic acids is 1. The number of hydrogen-bond donors (Lipinski definition) is 1. The largest absolute Gasteiger partial charge is 0.492 e. The average Bonchev–Trinajstić information content (AvgIpc) is 2.65. The second-order valence-corrected chi connectivity index (χ2v) is 5.79. The van der Waals surface area contributed by atoms with E-state index in [1.165, 1.54) is 6.08 Å². The molecule has 1 aromatic heterocycles. The number of carbonyl (C=O) groups is 1. The predicted octanol–water partition coefficient (Wildman–Crippen LogP) is 4.10. The molecule has 3 aromatic rings. The van der Waals surface area contributed by atoms with Gasteiger partial charge >= 0.3 is 0 Å². The van der Waals surface area contributed by atoms with Gasteiger partial charge in [-0.25, -0.2) is 0 Å². The van der Waals surface area contributed by atoms with Gasteiger partial charge in [0, 0.05) is 28.2 Å². The first-order valence-electron chi connectivity index (χ1n) is 7.90. The third kappa shape index (κ3) is 4.81. The number of hydrogen-bond acceptors (Lipinski definition) is 3. The SMILES string of the molecule is O=C(C=Cc1cccc2cccnc12)NCCOc1ccc(Cl)cc1. The second kappa shape index (κ2) is 8.31. The minimum absolute atomic E-state index is 0.173. The van der Waals surface area contributed by atoms with Gasteiger partial charge in [0.1, 0.15) is 12.4 Å². The van der Waals surface area contributed by atoms with Crippen molar-refractivity contribution < 1.29 is 9.53 Å². The van der Waals surface area contributed by atoms with Crippen LogP contribution in [0, 0.1) is 0 Å². The summed E-state index contributed by atoms with van der Waals surface area (Å²) in [6.07, 6.45) is 5.02. The van der Waals surface area contributed by atoms with E-state index >= 15 is 0 Å². The topological polar surface area (TPSA) is 51.2 Å². The van der Waals surface area contributed by atoms with Crippen LogP contribution < -0.4 is 10.1 Å². The van der Waals surface area contributed by atoms with Gasteiger partial charge in [0.25, 0.3) is 0 Å². The number of amides is 1. The van der Waals surface area contributed by atoms with Gasteiger partial charge < -0.3 is 10.1 Å². The first-order valence-corrected chi connectivity index (χ1v) is 8.28. The maximum atomic E-state index is 11.9. The molecule has 1 heterocycles. The lowest BCUT2D eigenvalue weighted by atomic mass is 10.1. The maximum absolute atomic E-state index is 11.9. The Hall–Kier alpha value is -2.85. The summed E-state index contributed by atoms with van der Waals surface area (Å²) in [5.74, 6) is 0.545. The summed E-state index contributed by atoms with van der Waals surface area (Å²) in [5.41, 5.74) is 1.78.